The van der Waals surface area contributed by atoms with E-state index in [1.165, 1.54) is 19.2 Å². The van der Waals surface area contributed by atoms with Crippen LogP contribution in [0.3, 0.4) is 0 Å². The first-order valence-electron chi connectivity index (χ1n) is 6.88. The largest absolute Gasteiger partial charge is 0.505 e. The van der Waals surface area contributed by atoms with Crippen molar-refractivity contribution in [1.82, 2.24) is 0 Å². The van der Waals surface area contributed by atoms with Gasteiger partial charge < -0.3 is 19.9 Å². The number of aromatic hydroxyl groups is 1. The number of carbonyl (C=O) groups excluding carboxylic acids is 2. The summed E-state index contributed by atoms with van der Waals surface area (Å²) in [6.45, 7) is 0. The molecule has 0 aliphatic heterocycles. The number of carbonyl (C=O) groups is 2. The van der Waals surface area contributed by atoms with Gasteiger partial charge in [0.15, 0.2) is 5.75 Å². The van der Waals surface area contributed by atoms with Gasteiger partial charge in [0.2, 0.25) is 5.91 Å². The number of hydrogen-bond acceptors (Lipinski definition) is 5. The van der Waals surface area contributed by atoms with E-state index in [0.717, 1.165) is 5.56 Å². The highest BCUT2D eigenvalue weighted by atomic mass is 16.5. The van der Waals surface area contributed by atoms with E-state index in [4.69, 9.17) is 4.74 Å². The Balaban J connectivity index is 2.09. The molecular weight excluding hydrogens is 298 g/mol. The van der Waals surface area contributed by atoms with Crippen LogP contribution >= 0.6 is 0 Å². The number of anilines is 1. The van der Waals surface area contributed by atoms with E-state index >= 15 is 0 Å². The monoisotopic (exact) mass is 315 g/mol. The quantitative estimate of drug-likeness (QED) is 0.653. The number of hydrogen-bond donors (Lipinski definition) is 2. The average Bonchev–Trinajstić information content (AvgIpc) is 2.56. The van der Waals surface area contributed by atoms with Crippen molar-refractivity contribution in [2.75, 3.05) is 19.5 Å². The third-order valence-electron chi connectivity index (χ3n) is 3.24. The molecule has 0 spiro atoms. The maximum atomic E-state index is 12.1. The zero-order chi connectivity index (χ0) is 16.8. The summed E-state index contributed by atoms with van der Waals surface area (Å²) in [5.41, 5.74) is 0.952. The number of benzene rings is 2. The van der Waals surface area contributed by atoms with E-state index in [1.54, 1.807) is 37.4 Å². The Bertz CT molecular complexity index is 709. The number of rotatable bonds is 5. The summed E-state index contributed by atoms with van der Waals surface area (Å²) in [6.07, 6.45) is 0.131. The molecule has 2 aromatic rings. The highest BCUT2D eigenvalue weighted by molar-refractivity contribution is 5.99. The second kappa shape index (κ2) is 7.31. The van der Waals surface area contributed by atoms with E-state index in [-0.39, 0.29) is 29.3 Å². The van der Waals surface area contributed by atoms with Crippen LogP contribution in [-0.4, -0.2) is 31.2 Å². The molecule has 0 radical (unpaired) electrons. The lowest BCUT2D eigenvalue weighted by Gasteiger charge is -2.10. The third kappa shape index (κ3) is 4.00. The second-order valence-electron chi connectivity index (χ2n) is 4.77. The number of nitrogens with one attached hydrogen (secondary N) is 1. The normalized spacial score (nSPS) is 10.0. The van der Waals surface area contributed by atoms with Crippen molar-refractivity contribution in [3.05, 3.63) is 53.6 Å². The minimum absolute atomic E-state index is 0.00486. The molecule has 6 heteroatoms. The molecule has 0 saturated heterocycles. The number of esters is 1. The van der Waals surface area contributed by atoms with Crippen molar-refractivity contribution in [2.24, 2.45) is 0 Å². The second-order valence-corrected chi connectivity index (χ2v) is 4.77. The molecule has 6 nitrogen and oxygen atoms in total. The first kappa shape index (κ1) is 16.4. The summed E-state index contributed by atoms with van der Waals surface area (Å²) >= 11 is 0. The van der Waals surface area contributed by atoms with Gasteiger partial charge in [0.05, 0.1) is 26.3 Å². The summed E-state index contributed by atoms with van der Waals surface area (Å²) in [7, 11) is 2.79. The van der Waals surface area contributed by atoms with Gasteiger partial charge in [-0.3, -0.25) is 4.79 Å². The summed E-state index contributed by atoms with van der Waals surface area (Å²) in [6, 6.07) is 11.6. The Hall–Kier alpha value is -3.02. The highest BCUT2D eigenvalue weighted by Crippen LogP contribution is 2.28. The highest BCUT2D eigenvalue weighted by Gasteiger charge is 2.16. The SMILES string of the molecule is COC(=O)c1cccc(NC(=O)Cc2ccc(OC)cc2)c1O. The summed E-state index contributed by atoms with van der Waals surface area (Å²) in [5, 5.41) is 12.6. The fourth-order valence-electron chi connectivity index (χ4n) is 2.04. The molecule has 0 heterocycles. The molecule has 2 N–H and O–H groups in total. The molecule has 0 saturated carbocycles. The van der Waals surface area contributed by atoms with Crippen molar-refractivity contribution in [3.63, 3.8) is 0 Å². The summed E-state index contributed by atoms with van der Waals surface area (Å²) in [5.74, 6) is -0.596. The van der Waals surface area contributed by atoms with Crippen molar-refractivity contribution in [2.45, 2.75) is 6.42 Å². The van der Waals surface area contributed by atoms with E-state index in [1.807, 2.05) is 0 Å². The summed E-state index contributed by atoms with van der Waals surface area (Å²) < 4.78 is 9.63. The Morgan fingerprint density at radius 3 is 2.39 bits per heavy atom. The number of phenolic OH excluding ortho intramolecular Hbond substituents is 1. The van der Waals surface area contributed by atoms with E-state index < -0.39 is 5.97 Å². The molecule has 0 bridgehead atoms. The number of phenols is 1. The van der Waals surface area contributed by atoms with Crippen LogP contribution in [0.4, 0.5) is 5.69 Å². The first-order valence-corrected chi connectivity index (χ1v) is 6.88. The predicted octanol–water partition coefficient (Wildman–Crippen LogP) is 2.37. The van der Waals surface area contributed by atoms with Gasteiger partial charge in [-0.1, -0.05) is 18.2 Å². The van der Waals surface area contributed by atoms with Crippen molar-refractivity contribution < 1.29 is 24.2 Å². The zero-order valence-electron chi connectivity index (χ0n) is 12.8. The molecule has 2 aromatic carbocycles. The van der Waals surface area contributed by atoms with Gasteiger partial charge in [-0.15, -0.1) is 0 Å². The minimum Gasteiger partial charge on any atom is -0.505 e. The lowest BCUT2D eigenvalue weighted by molar-refractivity contribution is -0.115. The van der Waals surface area contributed by atoms with Crippen LogP contribution in [0.1, 0.15) is 15.9 Å². The Labute approximate surface area is 133 Å². The van der Waals surface area contributed by atoms with Crippen LogP contribution in [0, 0.1) is 0 Å². The van der Waals surface area contributed by atoms with Crippen LogP contribution < -0.4 is 10.1 Å². The standard InChI is InChI=1S/C17H17NO5/c1-22-12-8-6-11(7-9-12)10-15(19)18-14-5-3-4-13(16(14)20)17(21)23-2/h3-9,20H,10H2,1-2H3,(H,18,19). The molecule has 0 fully saturated rings. The molecule has 23 heavy (non-hydrogen) atoms. The lowest BCUT2D eigenvalue weighted by atomic mass is 10.1. The molecule has 0 aromatic heterocycles. The lowest BCUT2D eigenvalue weighted by Crippen LogP contribution is -2.15. The zero-order valence-corrected chi connectivity index (χ0v) is 12.8. The van der Waals surface area contributed by atoms with Crippen molar-refractivity contribution in [3.8, 4) is 11.5 Å². The van der Waals surface area contributed by atoms with Crippen molar-refractivity contribution >= 4 is 17.6 Å². The predicted molar refractivity (Wildman–Crippen MR) is 84.8 cm³/mol. The van der Waals surface area contributed by atoms with Gasteiger partial charge in [-0.2, -0.15) is 0 Å². The molecule has 120 valence electrons. The maximum Gasteiger partial charge on any atom is 0.341 e. The number of amides is 1. The Morgan fingerprint density at radius 1 is 1.09 bits per heavy atom. The molecule has 0 atom stereocenters. The molecular formula is C17H17NO5. The van der Waals surface area contributed by atoms with Gasteiger partial charge in [0.1, 0.15) is 11.3 Å². The van der Waals surface area contributed by atoms with Gasteiger partial charge in [0.25, 0.3) is 0 Å². The van der Waals surface area contributed by atoms with Crippen LogP contribution in [0.5, 0.6) is 11.5 Å². The molecule has 2 rings (SSSR count). The van der Waals surface area contributed by atoms with Crippen LogP contribution in [-0.2, 0) is 16.0 Å². The summed E-state index contributed by atoms with van der Waals surface area (Å²) in [4.78, 5) is 23.6. The Kier molecular flexibility index (Phi) is 5.19. The van der Waals surface area contributed by atoms with Gasteiger partial charge in [-0.25, -0.2) is 4.79 Å². The van der Waals surface area contributed by atoms with Gasteiger partial charge in [-0.05, 0) is 29.8 Å². The smallest absolute Gasteiger partial charge is 0.341 e. The van der Waals surface area contributed by atoms with Crippen LogP contribution in [0.2, 0.25) is 0 Å². The van der Waals surface area contributed by atoms with Gasteiger partial charge in [0, 0.05) is 0 Å². The maximum absolute atomic E-state index is 12.1. The van der Waals surface area contributed by atoms with Crippen molar-refractivity contribution in [1.29, 1.82) is 0 Å². The number of methoxy groups -OCH3 is 2. The van der Waals surface area contributed by atoms with Crippen LogP contribution in [0.15, 0.2) is 42.5 Å². The Morgan fingerprint density at radius 2 is 1.78 bits per heavy atom. The van der Waals surface area contributed by atoms with E-state index in [0.29, 0.717) is 5.75 Å². The van der Waals surface area contributed by atoms with Crippen LogP contribution in [0.25, 0.3) is 0 Å². The van der Waals surface area contributed by atoms with Gasteiger partial charge >= 0.3 is 5.97 Å². The average molecular weight is 315 g/mol. The van der Waals surface area contributed by atoms with E-state index in [9.17, 15) is 14.7 Å². The fourth-order valence-corrected chi connectivity index (χ4v) is 2.04. The molecule has 0 aliphatic carbocycles. The fraction of sp³-hybridized carbons (Fsp3) is 0.176. The number of para-hydroxylation sites is 1. The van der Waals surface area contributed by atoms with E-state index in [2.05, 4.69) is 10.1 Å². The number of ether oxygens (including phenoxy) is 2. The topological polar surface area (TPSA) is 84.9 Å². The molecule has 0 aliphatic rings. The molecule has 1 amide bonds. The molecule has 0 unspecified atom stereocenters. The first-order chi connectivity index (χ1) is 11.0. The third-order valence-corrected chi connectivity index (χ3v) is 3.24. The minimum atomic E-state index is -0.672.